The molecule has 0 radical (unpaired) electrons. The zero-order valence-corrected chi connectivity index (χ0v) is 38.5. The van der Waals surface area contributed by atoms with E-state index < -0.39 is 19.6 Å². The molecule has 1 aromatic heterocycles. The summed E-state index contributed by atoms with van der Waals surface area (Å²) in [5, 5.41) is 23.4. The van der Waals surface area contributed by atoms with Crippen molar-refractivity contribution in [3.8, 4) is 17.2 Å². The van der Waals surface area contributed by atoms with Crippen molar-refractivity contribution in [2.75, 3.05) is 31.7 Å². The number of amides is 1. The summed E-state index contributed by atoms with van der Waals surface area (Å²) in [6.07, 6.45) is 1.66. The Bertz CT molecular complexity index is 2180. The quantitative estimate of drug-likeness (QED) is 0.0423. The van der Waals surface area contributed by atoms with Crippen LogP contribution in [-0.4, -0.2) is 71.6 Å². The smallest absolute Gasteiger partial charge is 0.336 e. The molecule has 0 aliphatic rings. The van der Waals surface area contributed by atoms with Gasteiger partial charge in [0.1, 0.15) is 29.5 Å². The third-order valence-electron chi connectivity index (χ3n) is 9.20. The number of hydrogen-bond donors (Lipinski definition) is 3. The van der Waals surface area contributed by atoms with E-state index in [4.69, 9.17) is 28.4 Å². The van der Waals surface area contributed by atoms with Crippen LogP contribution in [0, 0.1) is 5.92 Å². The number of anilines is 1. The first kappa shape index (κ1) is 49.8. The van der Waals surface area contributed by atoms with Crippen LogP contribution >= 0.6 is 18.9 Å². The van der Waals surface area contributed by atoms with Crippen molar-refractivity contribution in [1.29, 1.82) is 0 Å². The summed E-state index contributed by atoms with van der Waals surface area (Å²) in [4.78, 5) is 29.3. The molecule has 0 saturated heterocycles. The predicted octanol–water partition coefficient (Wildman–Crippen LogP) is 10.0. The second-order valence-electron chi connectivity index (χ2n) is 15.2. The molecule has 14 heteroatoms. The van der Waals surface area contributed by atoms with E-state index >= 15 is 0 Å². The fourth-order valence-corrected chi connectivity index (χ4v) is 8.90. The van der Waals surface area contributed by atoms with Gasteiger partial charge in [-0.05, 0) is 107 Å². The maximum absolute atomic E-state index is 13.1. The van der Waals surface area contributed by atoms with Crippen molar-refractivity contribution in [3.05, 3.63) is 136 Å². The van der Waals surface area contributed by atoms with Gasteiger partial charge in [0.15, 0.2) is 10.9 Å². The van der Waals surface area contributed by atoms with Crippen molar-refractivity contribution in [3.63, 3.8) is 0 Å². The number of thiazole rings is 1. The van der Waals surface area contributed by atoms with Gasteiger partial charge < -0.3 is 33.5 Å². The molecule has 0 fully saturated rings. The Kier molecular flexibility index (Phi) is 20.3. The van der Waals surface area contributed by atoms with Gasteiger partial charge in [-0.2, -0.15) is 0 Å². The van der Waals surface area contributed by atoms with Gasteiger partial charge >= 0.3 is 7.60 Å². The first-order valence-electron chi connectivity index (χ1n) is 20.9. The zero-order valence-electron chi connectivity index (χ0n) is 36.7. The SMILES string of the molecule is CC(=O)c1cc(C[C@@H](C)Cc2ccccc2)cc(O[C@@H](C)CO)c1.CCOP(=O)(Cc1csc(NC(=O)c2cc(O[C@@H](C)CO)cc(O[C@@H](C)Cc3ccccc3)c2)n1)OCC. The lowest BCUT2D eigenvalue weighted by Gasteiger charge is -2.18. The van der Waals surface area contributed by atoms with Crippen LogP contribution in [-0.2, 0) is 39.0 Å². The minimum atomic E-state index is -3.31. The minimum absolute atomic E-state index is 0.0146. The van der Waals surface area contributed by atoms with Crippen LogP contribution in [0.1, 0.15) is 91.6 Å². The van der Waals surface area contributed by atoms with Crippen molar-refractivity contribution in [2.45, 2.75) is 92.2 Å². The fourth-order valence-electron chi connectivity index (χ4n) is 6.47. The predicted molar refractivity (Wildman–Crippen MR) is 245 cm³/mol. The molecule has 62 heavy (non-hydrogen) atoms. The topological polar surface area (TPSA) is 163 Å². The lowest BCUT2D eigenvalue weighted by Crippen LogP contribution is -2.19. The number of carbonyl (C=O) groups excluding carboxylic acids is 2. The highest BCUT2D eigenvalue weighted by Crippen LogP contribution is 2.51. The maximum atomic E-state index is 13.1. The van der Waals surface area contributed by atoms with E-state index in [-0.39, 0.29) is 50.6 Å². The maximum Gasteiger partial charge on any atom is 0.336 e. The molecule has 5 rings (SSSR count). The van der Waals surface area contributed by atoms with Crippen LogP contribution in [0.4, 0.5) is 5.13 Å². The van der Waals surface area contributed by atoms with Gasteiger partial charge in [-0.3, -0.25) is 19.5 Å². The van der Waals surface area contributed by atoms with Gasteiger partial charge in [-0.1, -0.05) is 67.6 Å². The molecule has 0 unspecified atom stereocenters. The molecule has 5 aromatic rings. The van der Waals surface area contributed by atoms with Gasteiger partial charge in [0.25, 0.3) is 5.91 Å². The Labute approximate surface area is 370 Å². The normalized spacial score (nSPS) is 13.2. The Hall–Kier alpha value is -4.88. The molecule has 1 amide bonds. The molecule has 4 aromatic carbocycles. The van der Waals surface area contributed by atoms with Gasteiger partial charge in [-0.25, -0.2) is 4.98 Å². The number of nitrogens with one attached hydrogen (secondary N) is 1. The Morgan fingerprint density at radius 3 is 1.71 bits per heavy atom. The minimum Gasteiger partial charge on any atom is -0.490 e. The molecular formula is C48H61N2O10PS. The second kappa shape index (κ2) is 25.3. The van der Waals surface area contributed by atoms with E-state index in [1.165, 1.54) is 16.9 Å². The van der Waals surface area contributed by atoms with Crippen LogP contribution in [0.15, 0.2) is 102 Å². The van der Waals surface area contributed by atoms with Crippen LogP contribution in [0.5, 0.6) is 17.2 Å². The van der Waals surface area contributed by atoms with Crippen molar-refractivity contribution >= 4 is 35.8 Å². The largest absolute Gasteiger partial charge is 0.490 e. The van der Waals surface area contributed by atoms with Gasteiger partial charge in [0.2, 0.25) is 0 Å². The summed E-state index contributed by atoms with van der Waals surface area (Å²) in [6.45, 7) is 13.0. The number of rotatable bonds is 23. The molecule has 3 N–H and O–H groups in total. The van der Waals surface area contributed by atoms with Crippen LogP contribution in [0.2, 0.25) is 0 Å². The first-order valence-corrected chi connectivity index (χ1v) is 23.5. The zero-order chi connectivity index (χ0) is 45.1. The average Bonchev–Trinajstić information content (AvgIpc) is 3.67. The van der Waals surface area contributed by atoms with Crippen molar-refractivity contribution < 1.29 is 47.6 Å². The van der Waals surface area contributed by atoms with Crippen molar-refractivity contribution in [2.24, 2.45) is 5.92 Å². The summed E-state index contributed by atoms with van der Waals surface area (Å²) >= 11 is 1.21. The highest BCUT2D eigenvalue weighted by molar-refractivity contribution is 7.53. The van der Waals surface area contributed by atoms with E-state index in [1.54, 1.807) is 64.3 Å². The summed E-state index contributed by atoms with van der Waals surface area (Å²) < 4.78 is 41.1. The lowest BCUT2D eigenvalue weighted by atomic mass is 9.93. The highest BCUT2D eigenvalue weighted by atomic mass is 32.1. The molecule has 0 aliphatic heterocycles. The number of nitrogens with zero attached hydrogens (tertiary/aromatic N) is 1. The van der Waals surface area contributed by atoms with E-state index in [2.05, 4.69) is 41.5 Å². The Morgan fingerprint density at radius 2 is 1.18 bits per heavy atom. The number of carbonyl (C=O) groups is 2. The number of ketones is 1. The number of Topliss-reactive ketones (excluding diaryl/α,β-unsaturated/α-hetero) is 1. The molecule has 0 spiro atoms. The van der Waals surface area contributed by atoms with E-state index in [9.17, 15) is 19.3 Å². The summed E-state index contributed by atoms with van der Waals surface area (Å²) in [6, 6.07) is 31.0. The number of hydrogen-bond acceptors (Lipinski definition) is 12. The molecular weight excluding hydrogens is 828 g/mol. The third-order valence-corrected chi connectivity index (χ3v) is 12.0. The van der Waals surface area contributed by atoms with Crippen molar-refractivity contribution in [1.82, 2.24) is 4.98 Å². The van der Waals surface area contributed by atoms with Gasteiger partial charge in [0.05, 0.1) is 44.4 Å². The number of ether oxygens (including phenoxy) is 3. The number of benzene rings is 4. The number of aliphatic hydroxyl groups is 2. The van der Waals surface area contributed by atoms with Crippen LogP contribution < -0.4 is 19.5 Å². The second-order valence-corrected chi connectivity index (χ2v) is 18.1. The number of aliphatic hydroxyl groups excluding tert-OH is 2. The van der Waals surface area contributed by atoms with Crippen LogP contribution in [0.25, 0.3) is 0 Å². The van der Waals surface area contributed by atoms with Gasteiger partial charge in [-0.15, -0.1) is 11.3 Å². The monoisotopic (exact) mass is 888 g/mol. The number of aromatic nitrogens is 1. The highest BCUT2D eigenvalue weighted by Gasteiger charge is 2.26. The fraction of sp³-hybridized carbons (Fsp3) is 0.396. The third kappa shape index (κ3) is 17.1. The summed E-state index contributed by atoms with van der Waals surface area (Å²) in [5.41, 5.74) is 5.00. The summed E-state index contributed by atoms with van der Waals surface area (Å²) in [7, 11) is -3.31. The molecule has 0 saturated carbocycles. The Balaban J connectivity index is 0.000000302. The molecule has 12 nitrogen and oxygen atoms in total. The molecule has 4 atom stereocenters. The molecule has 334 valence electrons. The molecule has 1 heterocycles. The summed E-state index contributed by atoms with van der Waals surface area (Å²) in [5.74, 6) is 1.58. The molecule has 0 bridgehead atoms. The Morgan fingerprint density at radius 1 is 0.677 bits per heavy atom. The molecule has 0 aliphatic carbocycles. The van der Waals surface area contributed by atoms with E-state index in [0.717, 1.165) is 24.0 Å². The lowest BCUT2D eigenvalue weighted by molar-refractivity contribution is 0.101. The first-order chi connectivity index (χ1) is 29.7. The average molecular weight is 889 g/mol. The van der Waals surface area contributed by atoms with Gasteiger partial charge in [0, 0.05) is 29.0 Å². The van der Waals surface area contributed by atoms with Crippen LogP contribution in [0.3, 0.4) is 0 Å². The van der Waals surface area contributed by atoms with E-state index in [1.807, 2.05) is 55.5 Å². The standard InChI is InChI=1S/C27H35N2O7PS.C21H26O3/c1-5-33-37(32,34-6-2)17-23-18-38-27(28-23)29-26(31)22-13-24(15-25(14-22)36-20(4)16-30)35-19(3)12-21-10-8-7-9-11-21;1-15(9-18-7-5-4-6-8-18)10-19-11-20(17(3)23)13-21(12-19)24-16(2)14-22/h7-11,13-15,18-20,30H,5-6,12,16-17H2,1-4H3,(H,28,29,31);4-8,11-13,15-16,22H,9-10,14H2,1-3H3/t19-,20-;15-,16-/m00/s1. The van der Waals surface area contributed by atoms with E-state index in [0.29, 0.717) is 51.5 Å².